The van der Waals surface area contributed by atoms with E-state index in [1.807, 2.05) is 30.3 Å². The van der Waals surface area contributed by atoms with E-state index in [1.165, 1.54) is 6.26 Å². The minimum absolute atomic E-state index is 0.00809. The van der Waals surface area contributed by atoms with E-state index in [2.05, 4.69) is 0 Å². The Labute approximate surface area is 160 Å². The number of hydrogen-bond acceptors (Lipinski definition) is 6. The molecule has 0 spiro atoms. The molecule has 0 saturated heterocycles. The first kappa shape index (κ1) is 20.8. The second-order valence-corrected chi connectivity index (χ2v) is 7.29. The van der Waals surface area contributed by atoms with Crippen LogP contribution in [-0.4, -0.2) is 41.4 Å². The summed E-state index contributed by atoms with van der Waals surface area (Å²) in [5.74, 6) is -0.652. The minimum atomic E-state index is -0.831. The average Bonchev–Trinajstić information content (AvgIpc) is 3.05. The number of aryl methyl sites for hydroxylation is 1. The lowest BCUT2D eigenvalue weighted by molar-refractivity contribution is -0.140. The molecule has 2 unspecified atom stereocenters. The summed E-state index contributed by atoms with van der Waals surface area (Å²) in [6.07, 6.45) is 0.980. The number of hydrogen-bond donors (Lipinski definition) is 1. The first-order valence-electron chi connectivity index (χ1n) is 9.07. The number of ether oxygens (including phenoxy) is 3. The number of rotatable bonds is 6. The standard InChI is InChI=1S/C20H28N2O5/c1-5-25-18(23)16-13-26-17(22(16)19(24)27-20(2,3)4)15(21)12-11-14-9-7-6-8-10-14/h6-10,13,15,17H,5,11-12,21H2,1-4H3. The Hall–Kier alpha value is -2.54. The lowest BCUT2D eigenvalue weighted by Crippen LogP contribution is -2.50. The molecule has 7 heteroatoms. The Morgan fingerprint density at radius 3 is 2.52 bits per heavy atom. The summed E-state index contributed by atoms with van der Waals surface area (Å²) in [5, 5.41) is 0. The second-order valence-electron chi connectivity index (χ2n) is 7.29. The molecule has 1 aromatic rings. The summed E-state index contributed by atoms with van der Waals surface area (Å²) >= 11 is 0. The van der Waals surface area contributed by atoms with Crippen molar-refractivity contribution in [2.45, 2.75) is 58.4 Å². The monoisotopic (exact) mass is 376 g/mol. The van der Waals surface area contributed by atoms with Gasteiger partial charge in [-0.05, 0) is 46.1 Å². The molecule has 0 radical (unpaired) electrons. The van der Waals surface area contributed by atoms with Crippen molar-refractivity contribution < 1.29 is 23.8 Å². The van der Waals surface area contributed by atoms with Crippen molar-refractivity contribution in [2.75, 3.05) is 6.61 Å². The van der Waals surface area contributed by atoms with Crippen LogP contribution >= 0.6 is 0 Å². The molecule has 27 heavy (non-hydrogen) atoms. The molecule has 2 rings (SSSR count). The van der Waals surface area contributed by atoms with Crippen LogP contribution in [0.4, 0.5) is 4.79 Å². The minimum Gasteiger partial charge on any atom is -0.473 e. The van der Waals surface area contributed by atoms with Gasteiger partial charge in [0, 0.05) is 0 Å². The van der Waals surface area contributed by atoms with Gasteiger partial charge in [0.2, 0.25) is 0 Å². The molecule has 7 nitrogen and oxygen atoms in total. The second kappa shape index (κ2) is 8.90. The van der Waals surface area contributed by atoms with Crippen molar-refractivity contribution in [1.82, 2.24) is 4.90 Å². The zero-order valence-corrected chi connectivity index (χ0v) is 16.3. The molecule has 1 aliphatic rings. The molecule has 0 saturated carbocycles. The molecule has 0 fully saturated rings. The van der Waals surface area contributed by atoms with Gasteiger partial charge in [0.15, 0.2) is 11.9 Å². The van der Waals surface area contributed by atoms with Crippen molar-refractivity contribution >= 4 is 12.1 Å². The summed E-state index contributed by atoms with van der Waals surface area (Å²) < 4.78 is 16.0. The molecule has 2 atom stereocenters. The van der Waals surface area contributed by atoms with Gasteiger partial charge in [-0.2, -0.15) is 0 Å². The van der Waals surface area contributed by atoms with Crippen molar-refractivity contribution in [1.29, 1.82) is 0 Å². The van der Waals surface area contributed by atoms with Crippen LogP contribution in [0, 0.1) is 0 Å². The Balaban J connectivity index is 2.13. The lowest BCUT2D eigenvalue weighted by Gasteiger charge is -2.31. The van der Waals surface area contributed by atoms with Crippen molar-refractivity contribution in [2.24, 2.45) is 5.73 Å². The highest BCUT2D eigenvalue weighted by Gasteiger charge is 2.42. The molecular formula is C20H28N2O5. The van der Waals surface area contributed by atoms with Gasteiger partial charge in [-0.15, -0.1) is 0 Å². The maximum atomic E-state index is 12.7. The number of amides is 1. The van der Waals surface area contributed by atoms with Gasteiger partial charge in [0.1, 0.15) is 11.9 Å². The summed E-state index contributed by atoms with van der Waals surface area (Å²) in [4.78, 5) is 26.1. The zero-order chi connectivity index (χ0) is 20.0. The van der Waals surface area contributed by atoms with E-state index < -0.39 is 29.9 Å². The third-order valence-corrected chi connectivity index (χ3v) is 3.88. The van der Waals surface area contributed by atoms with E-state index in [0.29, 0.717) is 6.42 Å². The fourth-order valence-corrected chi connectivity index (χ4v) is 2.67. The van der Waals surface area contributed by atoms with Gasteiger partial charge >= 0.3 is 12.1 Å². The molecule has 1 amide bonds. The molecule has 0 aliphatic carbocycles. The first-order valence-corrected chi connectivity index (χ1v) is 9.07. The number of carbonyl (C=O) groups excluding carboxylic acids is 2. The summed E-state index contributed by atoms with van der Waals surface area (Å²) in [7, 11) is 0. The van der Waals surface area contributed by atoms with E-state index in [0.717, 1.165) is 16.9 Å². The Morgan fingerprint density at radius 1 is 1.26 bits per heavy atom. The SMILES string of the molecule is CCOC(=O)C1=COC(C(N)CCc2ccccc2)N1C(=O)OC(C)(C)C. The number of nitrogens with two attached hydrogens (primary N) is 1. The van der Waals surface area contributed by atoms with E-state index in [9.17, 15) is 9.59 Å². The van der Waals surface area contributed by atoms with E-state index >= 15 is 0 Å². The molecule has 1 aliphatic heterocycles. The highest BCUT2D eigenvalue weighted by molar-refractivity contribution is 5.92. The average molecular weight is 376 g/mol. The van der Waals surface area contributed by atoms with Gasteiger partial charge in [0.25, 0.3) is 0 Å². The third kappa shape index (κ3) is 5.72. The van der Waals surface area contributed by atoms with Gasteiger partial charge in [-0.1, -0.05) is 30.3 Å². The van der Waals surface area contributed by atoms with E-state index in [4.69, 9.17) is 19.9 Å². The molecule has 0 bridgehead atoms. The molecule has 2 N–H and O–H groups in total. The Morgan fingerprint density at radius 2 is 1.93 bits per heavy atom. The van der Waals surface area contributed by atoms with Crippen molar-refractivity contribution in [3.63, 3.8) is 0 Å². The van der Waals surface area contributed by atoms with Crippen LogP contribution in [0.15, 0.2) is 42.3 Å². The lowest BCUT2D eigenvalue weighted by atomic mass is 10.0. The molecule has 148 valence electrons. The molecule has 1 heterocycles. The fraction of sp³-hybridized carbons (Fsp3) is 0.500. The zero-order valence-electron chi connectivity index (χ0n) is 16.3. The summed E-state index contributed by atoms with van der Waals surface area (Å²) in [5.41, 5.74) is 6.70. The Kier molecular flexibility index (Phi) is 6.85. The smallest absolute Gasteiger partial charge is 0.418 e. The Bertz CT molecular complexity index is 681. The molecule has 0 aromatic heterocycles. The van der Waals surface area contributed by atoms with Crippen molar-refractivity contribution in [3.05, 3.63) is 47.9 Å². The number of benzene rings is 1. The normalized spacial score (nSPS) is 17.7. The van der Waals surface area contributed by atoms with E-state index in [1.54, 1.807) is 27.7 Å². The van der Waals surface area contributed by atoms with Gasteiger partial charge < -0.3 is 19.9 Å². The highest BCUT2D eigenvalue weighted by atomic mass is 16.6. The topological polar surface area (TPSA) is 91.1 Å². The predicted molar refractivity (Wildman–Crippen MR) is 100 cm³/mol. The predicted octanol–water partition coefficient (Wildman–Crippen LogP) is 2.94. The van der Waals surface area contributed by atoms with Crippen LogP contribution in [0.3, 0.4) is 0 Å². The number of esters is 1. The third-order valence-electron chi connectivity index (χ3n) is 3.88. The largest absolute Gasteiger partial charge is 0.473 e. The quantitative estimate of drug-likeness (QED) is 0.768. The van der Waals surface area contributed by atoms with Crippen LogP contribution in [-0.2, 0) is 25.4 Å². The fourth-order valence-electron chi connectivity index (χ4n) is 2.67. The van der Waals surface area contributed by atoms with Crippen LogP contribution in [0.5, 0.6) is 0 Å². The first-order chi connectivity index (χ1) is 12.7. The van der Waals surface area contributed by atoms with Gasteiger partial charge in [-0.3, -0.25) is 0 Å². The maximum Gasteiger partial charge on any atom is 0.418 e. The van der Waals surface area contributed by atoms with Crippen LogP contribution in [0.2, 0.25) is 0 Å². The van der Waals surface area contributed by atoms with Crippen LogP contribution < -0.4 is 5.73 Å². The molecular weight excluding hydrogens is 348 g/mol. The van der Waals surface area contributed by atoms with Crippen LogP contribution in [0.25, 0.3) is 0 Å². The molecule has 1 aromatic carbocycles. The highest BCUT2D eigenvalue weighted by Crippen LogP contribution is 2.27. The number of nitrogens with zero attached hydrogens (tertiary/aromatic N) is 1. The summed E-state index contributed by atoms with van der Waals surface area (Å²) in [6, 6.07) is 9.37. The van der Waals surface area contributed by atoms with Gasteiger partial charge in [0.05, 0.1) is 12.6 Å². The van der Waals surface area contributed by atoms with Crippen molar-refractivity contribution in [3.8, 4) is 0 Å². The summed E-state index contributed by atoms with van der Waals surface area (Å²) in [6.45, 7) is 7.12. The van der Waals surface area contributed by atoms with Gasteiger partial charge in [-0.25, -0.2) is 14.5 Å². The number of carbonyl (C=O) groups is 2. The van der Waals surface area contributed by atoms with E-state index in [-0.39, 0.29) is 12.3 Å². The van der Waals surface area contributed by atoms with Crippen LogP contribution in [0.1, 0.15) is 39.7 Å². The maximum absolute atomic E-state index is 12.7.